The maximum atomic E-state index is 11.6. The minimum Gasteiger partial charge on any atom is -0.493 e. The van der Waals surface area contributed by atoms with E-state index in [-0.39, 0.29) is 12.5 Å². The summed E-state index contributed by atoms with van der Waals surface area (Å²) in [5, 5.41) is 0. The molecule has 0 radical (unpaired) electrons. The van der Waals surface area contributed by atoms with E-state index in [1.165, 1.54) is 0 Å². The molecule has 24 heavy (non-hydrogen) atoms. The highest BCUT2D eigenvalue weighted by Gasteiger charge is 2.15. The fourth-order valence-corrected chi connectivity index (χ4v) is 1.87. The Balaban J connectivity index is 2.64. The van der Waals surface area contributed by atoms with Gasteiger partial charge >= 0.3 is 5.97 Å². The normalized spacial score (nSPS) is 11.5. The highest BCUT2D eigenvalue weighted by molar-refractivity contribution is 5.83. The Morgan fingerprint density at radius 1 is 1.17 bits per heavy atom. The number of methoxy groups -OCH3 is 2. The molecule has 0 N–H and O–H groups in total. The zero-order valence-corrected chi connectivity index (χ0v) is 15.1. The molecule has 0 atom stereocenters. The van der Waals surface area contributed by atoms with Crippen LogP contribution in [-0.4, -0.2) is 51.8 Å². The molecule has 0 amide bonds. The van der Waals surface area contributed by atoms with E-state index >= 15 is 0 Å². The maximum absolute atomic E-state index is 11.6. The van der Waals surface area contributed by atoms with Crippen molar-refractivity contribution >= 4 is 12.2 Å². The van der Waals surface area contributed by atoms with Crippen molar-refractivity contribution in [1.29, 1.82) is 0 Å². The van der Waals surface area contributed by atoms with Crippen molar-refractivity contribution in [1.82, 2.24) is 0 Å². The maximum Gasteiger partial charge on any atom is 0.328 e. The van der Waals surface area contributed by atoms with Gasteiger partial charge in [0, 0.05) is 26.4 Å². The van der Waals surface area contributed by atoms with E-state index in [2.05, 4.69) is 4.99 Å². The first kappa shape index (κ1) is 20.0. The third-order valence-corrected chi connectivity index (χ3v) is 2.82. The van der Waals surface area contributed by atoms with Gasteiger partial charge < -0.3 is 18.9 Å². The molecule has 0 bridgehead atoms. The van der Waals surface area contributed by atoms with Crippen LogP contribution in [0.5, 0.6) is 11.5 Å². The molecule has 6 heteroatoms. The van der Waals surface area contributed by atoms with Gasteiger partial charge in [0.15, 0.2) is 11.5 Å². The lowest BCUT2D eigenvalue weighted by Gasteiger charge is -2.18. The topological polar surface area (TPSA) is 66.4 Å². The van der Waals surface area contributed by atoms with Gasteiger partial charge in [0.1, 0.15) is 12.1 Å². The standard InChI is InChI=1S/C18H27NO5/c1-18(2,3)24-17(20)13-19-12-14-7-8-15(22-5)16(11-14)23-10-6-9-21-4/h7-8,11-12H,6,9-10,13H2,1-5H3/b19-12+. The van der Waals surface area contributed by atoms with Crippen LogP contribution in [0.4, 0.5) is 0 Å². The molecule has 0 fully saturated rings. The van der Waals surface area contributed by atoms with Crippen LogP contribution in [0.15, 0.2) is 23.2 Å². The highest BCUT2D eigenvalue weighted by Crippen LogP contribution is 2.27. The third kappa shape index (κ3) is 7.97. The Kier molecular flexibility index (Phi) is 8.26. The molecule has 0 saturated heterocycles. The number of aliphatic imine (C=N–C) groups is 1. The lowest BCUT2D eigenvalue weighted by molar-refractivity contribution is -0.152. The van der Waals surface area contributed by atoms with Crippen molar-refractivity contribution < 1.29 is 23.7 Å². The molecule has 0 aliphatic carbocycles. The molecule has 1 aromatic carbocycles. The molecule has 0 unspecified atom stereocenters. The summed E-state index contributed by atoms with van der Waals surface area (Å²) in [6.07, 6.45) is 2.40. The lowest BCUT2D eigenvalue weighted by Crippen LogP contribution is -2.25. The zero-order valence-electron chi connectivity index (χ0n) is 15.1. The van der Waals surface area contributed by atoms with E-state index in [4.69, 9.17) is 18.9 Å². The molecule has 0 heterocycles. The fourth-order valence-electron chi connectivity index (χ4n) is 1.87. The fraction of sp³-hybridized carbons (Fsp3) is 0.556. The van der Waals surface area contributed by atoms with Gasteiger partial charge in [-0.15, -0.1) is 0 Å². The minimum absolute atomic E-state index is 0.0205. The van der Waals surface area contributed by atoms with Crippen LogP contribution in [0.25, 0.3) is 0 Å². The average molecular weight is 337 g/mol. The van der Waals surface area contributed by atoms with Gasteiger partial charge in [0.25, 0.3) is 0 Å². The molecular weight excluding hydrogens is 310 g/mol. The van der Waals surface area contributed by atoms with Crippen LogP contribution in [0.2, 0.25) is 0 Å². The Bertz CT molecular complexity index is 549. The predicted octanol–water partition coefficient (Wildman–Crippen LogP) is 2.87. The number of carbonyl (C=O) groups excluding carboxylic acids is 1. The Morgan fingerprint density at radius 2 is 1.92 bits per heavy atom. The van der Waals surface area contributed by atoms with Gasteiger partial charge in [-0.25, -0.2) is 0 Å². The van der Waals surface area contributed by atoms with Crippen molar-refractivity contribution in [3.63, 3.8) is 0 Å². The summed E-state index contributed by atoms with van der Waals surface area (Å²) in [5.74, 6) is 0.926. The molecule has 0 saturated carbocycles. The summed E-state index contributed by atoms with van der Waals surface area (Å²) in [4.78, 5) is 15.7. The van der Waals surface area contributed by atoms with Gasteiger partial charge in [-0.1, -0.05) is 0 Å². The molecule has 1 rings (SSSR count). The number of hydrogen-bond acceptors (Lipinski definition) is 6. The molecule has 0 aromatic heterocycles. The number of benzene rings is 1. The van der Waals surface area contributed by atoms with Crippen LogP contribution in [0, 0.1) is 0 Å². The van der Waals surface area contributed by atoms with Crippen LogP contribution in [0.1, 0.15) is 32.8 Å². The van der Waals surface area contributed by atoms with E-state index in [0.29, 0.717) is 24.7 Å². The van der Waals surface area contributed by atoms with Gasteiger partial charge in [0.2, 0.25) is 0 Å². The second kappa shape index (κ2) is 9.93. The zero-order chi connectivity index (χ0) is 18.0. The van der Waals surface area contributed by atoms with Crippen molar-refractivity contribution in [3.05, 3.63) is 23.8 Å². The minimum atomic E-state index is -0.504. The summed E-state index contributed by atoms with van der Waals surface area (Å²) >= 11 is 0. The van der Waals surface area contributed by atoms with Gasteiger partial charge in [0.05, 0.1) is 13.7 Å². The van der Waals surface area contributed by atoms with Crippen molar-refractivity contribution in [3.8, 4) is 11.5 Å². The van der Waals surface area contributed by atoms with E-state index in [1.807, 2.05) is 32.9 Å². The number of carbonyl (C=O) groups is 1. The first-order chi connectivity index (χ1) is 11.4. The Labute approximate surface area is 143 Å². The number of hydrogen-bond donors (Lipinski definition) is 0. The second-order valence-electron chi connectivity index (χ2n) is 6.16. The monoisotopic (exact) mass is 337 g/mol. The number of esters is 1. The summed E-state index contributed by atoms with van der Waals surface area (Å²) in [7, 11) is 3.25. The lowest BCUT2D eigenvalue weighted by atomic mass is 10.2. The van der Waals surface area contributed by atoms with Crippen LogP contribution < -0.4 is 9.47 Å². The second-order valence-corrected chi connectivity index (χ2v) is 6.16. The number of ether oxygens (including phenoxy) is 4. The Morgan fingerprint density at radius 3 is 2.54 bits per heavy atom. The largest absolute Gasteiger partial charge is 0.493 e. The summed E-state index contributed by atoms with van der Waals surface area (Å²) in [6, 6.07) is 5.48. The van der Waals surface area contributed by atoms with E-state index in [0.717, 1.165) is 12.0 Å². The highest BCUT2D eigenvalue weighted by atomic mass is 16.6. The average Bonchev–Trinajstić information content (AvgIpc) is 2.50. The summed E-state index contributed by atoms with van der Waals surface area (Å²) in [6.45, 7) is 6.62. The van der Waals surface area contributed by atoms with Crippen molar-refractivity contribution in [2.75, 3.05) is 34.0 Å². The van der Waals surface area contributed by atoms with Crippen molar-refractivity contribution in [2.24, 2.45) is 4.99 Å². The molecular formula is C18H27NO5. The first-order valence-corrected chi connectivity index (χ1v) is 7.87. The Hall–Kier alpha value is -2.08. The number of rotatable bonds is 9. The van der Waals surface area contributed by atoms with E-state index in [1.54, 1.807) is 26.5 Å². The van der Waals surface area contributed by atoms with E-state index in [9.17, 15) is 4.79 Å². The van der Waals surface area contributed by atoms with Crippen molar-refractivity contribution in [2.45, 2.75) is 32.8 Å². The van der Waals surface area contributed by atoms with Gasteiger partial charge in [-0.2, -0.15) is 0 Å². The van der Waals surface area contributed by atoms with Crippen LogP contribution in [0.3, 0.4) is 0 Å². The van der Waals surface area contributed by atoms with Gasteiger partial charge in [-0.3, -0.25) is 9.79 Å². The molecule has 6 nitrogen and oxygen atoms in total. The van der Waals surface area contributed by atoms with Gasteiger partial charge in [-0.05, 0) is 44.5 Å². The smallest absolute Gasteiger partial charge is 0.328 e. The molecule has 0 spiro atoms. The van der Waals surface area contributed by atoms with Crippen LogP contribution in [-0.2, 0) is 14.3 Å². The SMILES string of the molecule is COCCCOc1cc(/C=N/CC(=O)OC(C)(C)C)ccc1OC. The third-order valence-electron chi connectivity index (χ3n) is 2.82. The number of nitrogens with zero attached hydrogens (tertiary/aromatic N) is 1. The molecule has 1 aromatic rings. The summed E-state index contributed by atoms with van der Waals surface area (Å²) in [5.41, 5.74) is 0.316. The van der Waals surface area contributed by atoms with E-state index < -0.39 is 5.60 Å². The molecule has 134 valence electrons. The first-order valence-electron chi connectivity index (χ1n) is 7.87. The predicted molar refractivity (Wildman–Crippen MR) is 93.3 cm³/mol. The summed E-state index contributed by atoms with van der Waals surface area (Å²) < 4.78 is 21.2. The van der Waals surface area contributed by atoms with Crippen LogP contribution >= 0.6 is 0 Å². The molecule has 0 aliphatic rings. The molecule has 0 aliphatic heterocycles. The quantitative estimate of drug-likeness (QED) is 0.394.